The third-order valence-corrected chi connectivity index (χ3v) is 2.46. The fraction of sp³-hybridized carbons (Fsp3) is 0.800. The minimum atomic E-state index is 0.607. The van der Waals surface area contributed by atoms with E-state index in [0.29, 0.717) is 12.0 Å². The van der Waals surface area contributed by atoms with Crippen LogP contribution in [0.15, 0.2) is 12.7 Å². The van der Waals surface area contributed by atoms with Gasteiger partial charge in [-0.2, -0.15) is 0 Å². The van der Waals surface area contributed by atoms with E-state index in [-0.39, 0.29) is 0 Å². The third kappa shape index (κ3) is 3.88. The van der Waals surface area contributed by atoms with Crippen molar-refractivity contribution in [3.8, 4) is 0 Å². The lowest BCUT2D eigenvalue weighted by Gasteiger charge is -2.28. The summed E-state index contributed by atoms with van der Waals surface area (Å²) in [4.78, 5) is 2.31. The summed E-state index contributed by atoms with van der Waals surface area (Å²) in [6.07, 6.45) is 1.95. The van der Waals surface area contributed by atoms with Crippen molar-refractivity contribution in [1.82, 2.24) is 10.2 Å². The number of nitrogens with zero attached hydrogens (tertiary/aromatic N) is 1. The lowest BCUT2D eigenvalue weighted by molar-refractivity contribution is 0.216. The molecule has 1 N–H and O–H groups in total. The molecule has 0 aliphatic rings. The molecule has 0 aromatic rings. The minimum Gasteiger partial charge on any atom is -0.319 e. The van der Waals surface area contributed by atoms with E-state index < -0.39 is 0 Å². The summed E-state index contributed by atoms with van der Waals surface area (Å²) in [5.41, 5.74) is 0. The summed E-state index contributed by atoms with van der Waals surface area (Å²) in [7, 11) is 4.13. The smallest absolute Gasteiger partial charge is 0.0160 e. The van der Waals surface area contributed by atoms with E-state index in [1.807, 2.05) is 13.1 Å². The molecule has 0 saturated heterocycles. The number of likely N-dealkylation sites (N-methyl/N-ethyl adjacent to an activating group) is 1. The van der Waals surface area contributed by atoms with E-state index in [4.69, 9.17) is 0 Å². The van der Waals surface area contributed by atoms with E-state index in [9.17, 15) is 0 Å². The monoisotopic (exact) mass is 170 g/mol. The van der Waals surface area contributed by atoms with Gasteiger partial charge in [-0.3, -0.25) is 4.90 Å². The Labute approximate surface area is 76.6 Å². The number of hydrogen-bond donors (Lipinski definition) is 1. The molecule has 0 aliphatic heterocycles. The first-order valence-corrected chi connectivity index (χ1v) is 4.59. The van der Waals surface area contributed by atoms with Crippen LogP contribution in [0.5, 0.6) is 0 Å². The molecule has 0 aromatic carbocycles. The highest BCUT2D eigenvalue weighted by atomic mass is 15.1. The molecule has 0 fully saturated rings. The third-order valence-electron chi connectivity index (χ3n) is 2.46. The molecule has 0 radical (unpaired) electrons. The SMILES string of the molecule is C=CCN(C)C(C)C(C)CNC. The lowest BCUT2D eigenvalue weighted by Crippen LogP contribution is -2.38. The van der Waals surface area contributed by atoms with E-state index in [1.165, 1.54) is 0 Å². The Morgan fingerprint density at radius 1 is 1.50 bits per heavy atom. The Hall–Kier alpha value is -0.340. The fourth-order valence-corrected chi connectivity index (χ4v) is 1.30. The lowest BCUT2D eigenvalue weighted by atomic mass is 10.0. The molecule has 12 heavy (non-hydrogen) atoms. The molecule has 2 nitrogen and oxygen atoms in total. The second-order valence-corrected chi connectivity index (χ2v) is 3.50. The van der Waals surface area contributed by atoms with Gasteiger partial charge in [-0.05, 0) is 33.5 Å². The van der Waals surface area contributed by atoms with Crippen LogP contribution in [-0.2, 0) is 0 Å². The van der Waals surface area contributed by atoms with Crippen molar-refractivity contribution < 1.29 is 0 Å². The number of hydrogen-bond acceptors (Lipinski definition) is 2. The second-order valence-electron chi connectivity index (χ2n) is 3.50. The van der Waals surface area contributed by atoms with E-state index in [1.54, 1.807) is 0 Å². The molecule has 0 bridgehead atoms. The van der Waals surface area contributed by atoms with Crippen molar-refractivity contribution >= 4 is 0 Å². The summed E-state index contributed by atoms with van der Waals surface area (Å²) >= 11 is 0. The van der Waals surface area contributed by atoms with Crippen LogP contribution < -0.4 is 5.32 Å². The van der Waals surface area contributed by atoms with Gasteiger partial charge in [-0.15, -0.1) is 6.58 Å². The largest absolute Gasteiger partial charge is 0.319 e. The van der Waals surface area contributed by atoms with Gasteiger partial charge in [-0.1, -0.05) is 13.0 Å². The van der Waals surface area contributed by atoms with E-state index >= 15 is 0 Å². The van der Waals surface area contributed by atoms with Gasteiger partial charge in [0.1, 0.15) is 0 Å². The maximum atomic E-state index is 3.73. The first kappa shape index (κ1) is 11.7. The standard InChI is InChI=1S/C10H22N2/c1-6-7-12(5)10(3)9(2)8-11-4/h6,9-11H,1,7-8H2,2-5H3. The van der Waals surface area contributed by atoms with Gasteiger partial charge in [0.2, 0.25) is 0 Å². The predicted octanol–water partition coefficient (Wildman–Crippen LogP) is 1.35. The fourth-order valence-electron chi connectivity index (χ4n) is 1.30. The topological polar surface area (TPSA) is 15.3 Å². The summed E-state index contributed by atoms with van der Waals surface area (Å²) in [6.45, 7) is 10.3. The molecular weight excluding hydrogens is 148 g/mol. The molecule has 0 spiro atoms. The predicted molar refractivity (Wildman–Crippen MR) is 55.4 cm³/mol. The molecule has 0 amide bonds. The summed E-state index contributed by atoms with van der Waals surface area (Å²) in [5, 5.41) is 3.19. The average Bonchev–Trinajstić information content (AvgIpc) is 2.04. The Bertz CT molecular complexity index is 123. The van der Waals surface area contributed by atoms with Gasteiger partial charge in [0.15, 0.2) is 0 Å². The van der Waals surface area contributed by atoms with Crippen LogP contribution in [0, 0.1) is 5.92 Å². The van der Waals surface area contributed by atoms with Crippen LogP contribution in [0.1, 0.15) is 13.8 Å². The molecule has 0 rings (SSSR count). The van der Waals surface area contributed by atoms with Crippen molar-refractivity contribution in [2.75, 3.05) is 27.2 Å². The van der Waals surface area contributed by atoms with Crippen LogP contribution in [0.25, 0.3) is 0 Å². The van der Waals surface area contributed by atoms with Crippen molar-refractivity contribution in [2.45, 2.75) is 19.9 Å². The highest BCUT2D eigenvalue weighted by Crippen LogP contribution is 2.07. The minimum absolute atomic E-state index is 0.607. The Balaban J connectivity index is 3.80. The molecule has 72 valence electrons. The molecule has 2 heteroatoms. The first-order chi connectivity index (χ1) is 5.63. The van der Waals surface area contributed by atoms with Gasteiger partial charge >= 0.3 is 0 Å². The van der Waals surface area contributed by atoms with Crippen molar-refractivity contribution in [3.05, 3.63) is 12.7 Å². The van der Waals surface area contributed by atoms with Crippen LogP contribution in [0.2, 0.25) is 0 Å². The number of nitrogens with one attached hydrogen (secondary N) is 1. The zero-order valence-electron chi connectivity index (χ0n) is 8.80. The summed E-state index contributed by atoms with van der Waals surface area (Å²) in [6, 6.07) is 0.607. The Morgan fingerprint density at radius 2 is 2.08 bits per heavy atom. The first-order valence-electron chi connectivity index (χ1n) is 4.59. The molecule has 0 aromatic heterocycles. The normalized spacial score (nSPS) is 16.1. The average molecular weight is 170 g/mol. The molecule has 2 unspecified atom stereocenters. The quantitative estimate of drug-likeness (QED) is 0.605. The van der Waals surface area contributed by atoms with Gasteiger partial charge in [0, 0.05) is 12.6 Å². The van der Waals surface area contributed by atoms with Gasteiger partial charge in [0.05, 0.1) is 0 Å². The van der Waals surface area contributed by atoms with Crippen LogP contribution in [0.4, 0.5) is 0 Å². The molecule has 0 aliphatic carbocycles. The van der Waals surface area contributed by atoms with Gasteiger partial charge in [-0.25, -0.2) is 0 Å². The van der Waals surface area contributed by atoms with E-state index in [2.05, 4.69) is 37.7 Å². The van der Waals surface area contributed by atoms with Crippen molar-refractivity contribution in [2.24, 2.45) is 5.92 Å². The summed E-state index contributed by atoms with van der Waals surface area (Å²) in [5.74, 6) is 0.681. The highest BCUT2D eigenvalue weighted by molar-refractivity contribution is 4.78. The van der Waals surface area contributed by atoms with Crippen LogP contribution in [-0.4, -0.2) is 38.1 Å². The number of rotatable bonds is 6. The van der Waals surface area contributed by atoms with Crippen molar-refractivity contribution in [3.63, 3.8) is 0 Å². The molecule has 0 saturated carbocycles. The Morgan fingerprint density at radius 3 is 2.50 bits per heavy atom. The Kier molecular flexibility index (Phi) is 6.03. The van der Waals surface area contributed by atoms with E-state index in [0.717, 1.165) is 13.1 Å². The van der Waals surface area contributed by atoms with Crippen LogP contribution >= 0.6 is 0 Å². The van der Waals surface area contributed by atoms with Crippen LogP contribution in [0.3, 0.4) is 0 Å². The molecule has 2 atom stereocenters. The molecule has 0 heterocycles. The van der Waals surface area contributed by atoms with Gasteiger partial charge in [0.25, 0.3) is 0 Å². The maximum absolute atomic E-state index is 3.73. The van der Waals surface area contributed by atoms with Crippen molar-refractivity contribution in [1.29, 1.82) is 0 Å². The highest BCUT2D eigenvalue weighted by Gasteiger charge is 2.14. The summed E-state index contributed by atoms with van der Waals surface area (Å²) < 4.78 is 0. The van der Waals surface area contributed by atoms with Gasteiger partial charge < -0.3 is 5.32 Å². The zero-order chi connectivity index (χ0) is 9.56. The zero-order valence-corrected chi connectivity index (χ0v) is 8.80. The molecular formula is C10H22N2. The maximum Gasteiger partial charge on any atom is 0.0160 e. The second kappa shape index (κ2) is 6.21.